The van der Waals surface area contributed by atoms with Gasteiger partial charge in [-0.25, -0.2) is 0 Å². The van der Waals surface area contributed by atoms with E-state index in [0.29, 0.717) is 0 Å². The first-order valence-corrected chi connectivity index (χ1v) is 7.44. The Morgan fingerprint density at radius 2 is 1.42 bits per heavy atom. The Labute approximate surface area is 119 Å². The molecule has 1 aromatic heterocycles. The molecule has 19 heavy (non-hydrogen) atoms. The van der Waals surface area contributed by atoms with Gasteiger partial charge in [0.25, 0.3) is 0 Å². The van der Waals surface area contributed by atoms with E-state index in [1.807, 2.05) is 0 Å². The minimum Gasteiger partial charge on any atom is -0.340 e. The van der Waals surface area contributed by atoms with Crippen LogP contribution in [0.1, 0.15) is 17.5 Å². The number of rotatable bonds is 3. The highest BCUT2D eigenvalue weighted by Gasteiger charge is 2.10. The lowest BCUT2D eigenvalue weighted by molar-refractivity contribution is 0.731. The van der Waals surface area contributed by atoms with E-state index in [4.69, 9.17) is 0 Å². The van der Waals surface area contributed by atoms with Crippen molar-refractivity contribution in [1.29, 1.82) is 0 Å². The number of benzene rings is 2. The average Bonchev–Trinajstić information content (AvgIpc) is 2.69. The quantitative estimate of drug-likeness (QED) is 0.656. The molecule has 0 aliphatic carbocycles. The zero-order chi connectivity index (χ0) is 13.4. The van der Waals surface area contributed by atoms with Crippen molar-refractivity contribution in [2.75, 3.05) is 5.75 Å². The van der Waals surface area contributed by atoms with Crippen LogP contribution in [0.4, 0.5) is 0 Å². The van der Waals surface area contributed by atoms with Crippen molar-refractivity contribution in [3.63, 3.8) is 0 Å². The molecule has 2 aromatic carbocycles. The molecular weight excluding hydrogens is 250 g/mol. The minimum atomic E-state index is 0.929. The number of thiol groups is 1. The monoisotopic (exact) mass is 269 g/mol. The Morgan fingerprint density at radius 1 is 0.895 bits per heavy atom. The standard InChI is InChI=1S/C17H19NS/c1-12-4-6-16-14(10-12)15-11-13(2)5-7-17(15)18(16)8-3-9-19/h4-7,10-11,19H,3,8-9H2,1-2H3. The molecule has 0 bridgehead atoms. The van der Waals surface area contributed by atoms with E-state index in [1.165, 1.54) is 32.9 Å². The Kier molecular flexibility index (Phi) is 3.28. The number of aromatic nitrogens is 1. The summed E-state index contributed by atoms with van der Waals surface area (Å²) in [6, 6.07) is 13.5. The zero-order valence-electron chi connectivity index (χ0n) is 11.5. The van der Waals surface area contributed by atoms with Gasteiger partial charge in [-0.3, -0.25) is 0 Å². The topological polar surface area (TPSA) is 4.93 Å². The van der Waals surface area contributed by atoms with Crippen LogP contribution in [0.5, 0.6) is 0 Å². The van der Waals surface area contributed by atoms with E-state index >= 15 is 0 Å². The lowest BCUT2D eigenvalue weighted by Crippen LogP contribution is -1.98. The smallest absolute Gasteiger partial charge is 0.0491 e. The van der Waals surface area contributed by atoms with Crippen molar-refractivity contribution in [2.45, 2.75) is 26.8 Å². The van der Waals surface area contributed by atoms with Crippen LogP contribution < -0.4 is 0 Å². The Hall–Kier alpha value is -1.41. The van der Waals surface area contributed by atoms with Crippen LogP contribution in [-0.2, 0) is 6.54 Å². The fraction of sp³-hybridized carbons (Fsp3) is 0.294. The molecule has 0 fully saturated rings. The molecule has 2 heteroatoms. The van der Waals surface area contributed by atoms with Crippen LogP contribution in [-0.4, -0.2) is 10.3 Å². The van der Waals surface area contributed by atoms with E-state index in [1.54, 1.807) is 0 Å². The summed E-state index contributed by atoms with van der Waals surface area (Å²) in [5.74, 6) is 0.929. The van der Waals surface area contributed by atoms with Crippen molar-refractivity contribution in [3.05, 3.63) is 47.5 Å². The maximum absolute atomic E-state index is 4.34. The van der Waals surface area contributed by atoms with Crippen LogP contribution in [0.3, 0.4) is 0 Å². The Balaban J connectivity index is 2.36. The summed E-state index contributed by atoms with van der Waals surface area (Å²) in [5, 5.41) is 2.75. The molecule has 98 valence electrons. The van der Waals surface area contributed by atoms with Crippen LogP contribution in [0, 0.1) is 13.8 Å². The highest BCUT2D eigenvalue weighted by Crippen LogP contribution is 2.30. The lowest BCUT2D eigenvalue weighted by atomic mass is 10.1. The third kappa shape index (κ3) is 2.14. The van der Waals surface area contributed by atoms with E-state index in [0.717, 1.165) is 18.7 Å². The normalized spacial score (nSPS) is 11.5. The fourth-order valence-electron chi connectivity index (χ4n) is 2.80. The SMILES string of the molecule is Cc1ccc2c(c1)c1cc(C)ccc1n2CCCS. The van der Waals surface area contributed by atoms with Crippen LogP contribution in [0.2, 0.25) is 0 Å². The number of nitrogens with zero attached hydrogens (tertiary/aromatic N) is 1. The summed E-state index contributed by atoms with van der Waals surface area (Å²) in [4.78, 5) is 0. The molecule has 0 aliphatic rings. The molecule has 0 atom stereocenters. The first-order valence-electron chi connectivity index (χ1n) is 6.81. The first kappa shape index (κ1) is 12.6. The highest BCUT2D eigenvalue weighted by atomic mass is 32.1. The number of hydrogen-bond donors (Lipinski definition) is 1. The number of aryl methyl sites for hydroxylation is 3. The second-order valence-electron chi connectivity index (χ2n) is 5.27. The van der Waals surface area contributed by atoms with Gasteiger partial charge in [-0.2, -0.15) is 12.6 Å². The van der Waals surface area contributed by atoms with E-state index in [-0.39, 0.29) is 0 Å². The van der Waals surface area contributed by atoms with Gasteiger partial charge < -0.3 is 4.57 Å². The van der Waals surface area contributed by atoms with Gasteiger partial charge in [0.15, 0.2) is 0 Å². The number of fused-ring (bicyclic) bond motifs is 3. The maximum atomic E-state index is 4.34. The summed E-state index contributed by atoms with van der Waals surface area (Å²) in [6.45, 7) is 5.36. The molecule has 0 radical (unpaired) electrons. The van der Waals surface area contributed by atoms with Gasteiger partial charge in [0.1, 0.15) is 0 Å². The lowest BCUT2D eigenvalue weighted by Gasteiger charge is -2.06. The largest absolute Gasteiger partial charge is 0.340 e. The molecule has 0 amide bonds. The van der Waals surface area contributed by atoms with Gasteiger partial charge in [0.2, 0.25) is 0 Å². The van der Waals surface area contributed by atoms with Crippen LogP contribution in [0.25, 0.3) is 21.8 Å². The molecule has 0 N–H and O–H groups in total. The van der Waals surface area contributed by atoms with Crippen molar-refractivity contribution in [1.82, 2.24) is 4.57 Å². The van der Waals surface area contributed by atoms with Gasteiger partial charge in [0.05, 0.1) is 0 Å². The van der Waals surface area contributed by atoms with E-state index in [2.05, 4.69) is 67.4 Å². The number of hydrogen-bond acceptors (Lipinski definition) is 1. The maximum Gasteiger partial charge on any atom is 0.0491 e. The summed E-state index contributed by atoms with van der Waals surface area (Å²) in [6.07, 6.45) is 1.10. The third-order valence-electron chi connectivity index (χ3n) is 3.72. The predicted octanol–water partition coefficient (Wildman–Crippen LogP) is 4.73. The molecule has 0 saturated carbocycles. The molecule has 1 heterocycles. The molecule has 3 aromatic rings. The molecule has 1 nitrogen and oxygen atoms in total. The first-order chi connectivity index (χ1) is 9.20. The van der Waals surface area contributed by atoms with Gasteiger partial charge in [-0.15, -0.1) is 0 Å². The van der Waals surface area contributed by atoms with Crippen LogP contribution >= 0.6 is 12.6 Å². The van der Waals surface area contributed by atoms with E-state index < -0.39 is 0 Å². The molecule has 3 rings (SSSR count). The van der Waals surface area contributed by atoms with Crippen LogP contribution in [0.15, 0.2) is 36.4 Å². The summed E-state index contributed by atoms with van der Waals surface area (Å²) < 4.78 is 2.43. The third-order valence-corrected chi connectivity index (χ3v) is 4.03. The van der Waals surface area contributed by atoms with Crippen molar-refractivity contribution in [2.24, 2.45) is 0 Å². The molecular formula is C17H19NS. The Morgan fingerprint density at radius 3 is 1.89 bits per heavy atom. The second-order valence-corrected chi connectivity index (χ2v) is 5.72. The summed E-state index contributed by atoms with van der Waals surface area (Å²) >= 11 is 4.34. The molecule has 0 unspecified atom stereocenters. The average molecular weight is 269 g/mol. The van der Waals surface area contributed by atoms with E-state index in [9.17, 15) is 0 Å². The minimum absolute atomic E-state index is 0.929. The fourth-order valence-corrected chi connectivity index (χ4v) is 2.94. The van der Waals surface area contributed by atoms with Crippen molar-refractivity contribution >= 4 is 34.4 Å². The summed E-state index contributed by atoms with van der Waals surface area (Å²) in [5.41, 5.74) is 5.32. The Bertz CT molecular complexity index is 680. The highest BCUT2D eigenvalue weighted by molar-refractivity contribution is 7.80. The zero-order valence-corrected chi connectivity index (χ0v) is 12.4. The van der Waals surface area contributed by atoms with Gasteiger partial charge in [-0.05, 0) is 50.3 Å². The van der Waals surface area contributed by atoms with Crippen molar-refractivity contribution in [3.8, 4) is 0 Å². The molecule has 0 saturated heterocycles. The predicted molar refractivity (Wildman–Crippen MR) is 87.4 cm³/mol. The molecule has 0 spiro atoms. The van der Waals surface area contributed by atoms with Gasteiger partial charge in [-0.1, -0.05) is 23.3 Å². The molecule has 0 aliphatic heterocycles. The van der Waals surface area contributed by atoms with Crippen molar-refractivity contribution < 1.29 is 0 Å². The summed E-state index contributed by atoms with van der Waals surface area (Å²) in [7, 11) is 0. The van der Waals surface area contributed by atoms with Gasteiger partial charge in [0, 0.05) is 28.4 Å². The second kappa shape index (κ2) is 4.93. The van der Waals surface area contributed by atoms with Gasteiger partial charge >= 0.3 is 0 Å².